The van der Waals surface area contributed by atoms with Gasteiger partial charge in [-0.05, 0) is 28.8 Å². The number of hydrogen-bond acceptors (Lipinski definition) is 4. The molecular formula is C15H15NO3. The summed E-state index contributed by atoms with van der Waals surface area (Å²) in [7, 11) is 0. The molecule has 1 aliphatic heterocycles. The molecule has 1 heterocycles. The molecule has 19 heavy (non-hydrogen) atoms. The quantitative estimate of drug-likeness (QED) is 0.882. The van der Waals surface area contributed by atoms with E-state index in [2.05, 4.69) is 0 Å². The first-order chi connectivity index (χ1) is 9.28. The van der Waals surface area contributed by atoms with Crippen LogP contribution in [0.15, 0.2) is 42.5 Å². The fourth-order valence-electron chi connectivity index (χ4n) is 2.11. The molecule has 1 unspecified atom stereocenters. The van der Waals surface area contributed by atoms with Gasteiger partial charge in [0.05, 0.1) is 0 Å². The molecular weight excluding hydrogens is 242 g/mol. The fourth-order valence-corrected chi connectivity index (χ4v) is 2.11. The molecule has 1 aliphatic rings. The van der Waals surface area contributed by atoms with Crippen molar-refractivity contribution in [2.75, 3.05) is 6.79 Å². The Labute approximate surface area is 111 Å². The maximum Gasteiger partial charge on any atom is 0.231 e. The largest absolute Gasteiger partial charge is 0.454 e. The molecule has 3 rings (SSSR count). The first-order valence-electron chi connectivity index (χ1n) is 6.14. The van der Waals surface area contributed by atoms with Crippen molar-refractivity contribution in [2.24, 2.45) is 5.73 Å². The molecule has 4 heteroatoms. The number of fused-ring (bicyclic) bond motifs is 1. The molecule has 0 radical (unpaired) electrons. The highest BCUT2D eigenvalue weighted by molar-refractivity contribution is 5.46. The summed E-state index contributed by atoms with van der Waals surface area (Å²) >= 11 is 0. The molecule has 98 valence electrons. The third-order valence-corrected chi connectivity index (χ3v) is 3.24. The summed E-state index contributed by atoms with van der Waals surface area (Å²) < 4.78 is 10.6. The van der Waals surface area contributed by atoms with E-state index in [4.69, 9.17) is 15.2 Å². The SMILES string of the molecule is NCc1ccc(C(O)c2ccc3c(c2)OCO3)cc1. The van der Waals surface area contributed by atoms with E-state index >= 15 is 0 Å². The lowest BCUT2D eigenvalue weighted by atomic mass is 10.00. The molecule has 4 nitrogen and oxygen atoms in total. The monoisotopic (exact) mass is 257 g/mol. The van der Waals surface area contributed by atoms with Gasteiger partial charge in [0.2, 0.25) is 6.79 Å². The molecule has 1 atom stereocenters. The van der Waals surface area contributed by atoms with Crippen LogP contribution in [0.1, 0.15) is 22.8 Å². The maximum atomic E-state index is 10.4. The first kappa shape index (κ1) is 12.0. The smallest absolute Gasteiger partial charge is 0.231 e. The van der Waals surface area contributed by atoms with Gasteiger partial charge in [0.25, 0.3) is 0 Å². The molecule has 0 aromatic heterocycles. The Morgan fingerprint density at radius 3 is 2.42 bits per heavy atom. The molecule has 0 fully saturated rings. The highest BCUT2D eigenvalue weighted by Crippen LogP contribution is 2.35. The van der Waals surface area contributed by atoms with Crippen LogP contribution in [0.3, 0.4) is 0 Å². The van der Waals surface area contributed by atoms with Gasteiger partial charge in [-0.25, -0.2) is 0 Å². The first-order valence-corrected chi connectivity index (χ1v) is 6.14. The van der Waals surface area contributed by atoms with E-state index in [1.54, 1.807) is 0 Å². The number of ether oxygens (including phenoxy) is 2. The van der Waals surface area contributed by atoms with Gasteiger partial charge < -0.3 is 20.3 Å². The minimum Gasteiger partial charge on any atom is -0.454 e. The van der Waals surface area contributed by atoms with Crippen LogP contribution in [-0.4, -0.2) is 11.9 Å². The topological polar surface area (TPSA) is 64.7 Å². The Hall–Kier alpha value is -2.04. The van der Waals surface area contributed by atoms with Crippen LogP contribution in [0.5, 0.6) is 11.5 Å². The van der Waals surface area contributed by atoms with Crippen molar-refractivity contribution in [3.05, 3.63) is 59.2 Å². The summed E-state index contributed by atoms with van der Waals surface area (Å²) in [6, 6.07) is 13.1. The molecule has 2 aromatic rings. The Balaban J connectivity index is 1.88. The van der Waals surface area contributed by atoms with Gasteiger partial charge in [-0.2, -0.15) is 0 Å². The predicted molar refractivity (Wildman–Crippen MR) is 71.0 cm³/mol. The van der Waals surface area contributed by atoms with Gasteiger partial charge in [0.1, 0.15) is 6.10 Å². The van der Waals surface area contributed by atoms with Gasteiger partial charge >= 0.3 is 0 Å². The zero-order chi connectivity index (χ0) is 13.2. The third kappa shape index (κ3) is 2.28. The molecule has 0 saturated heterocycles. The minimum absolute atomic E-state index is 0.236. The normalized spacial score (nSPS) is 14.4. The van der Waals surface area contributed by atoms with Crippen molar-refractivity contribution in [3.63, 3.8) is 0 Å². The summed E-state index contributed by atoms with van der Waals surface area (Å²) in [5.41, 5.74) is 8.21. The van der Waals surface area contributed by atoms with E-state index in [0.29, 0.717) is 12.3 Å². The second kappa shape index (κ2) is 4.91. The lowest BCUT2D eigenvalue weighted by molar-refractivity contribution is 0.173. The van der Waals surface area contributed by atoms with Crippen LogP contribution in [0, 0.1) is 0 Å². The van der Waals surface area contributed by atoms with Gasteiger partial charge in [-0.1, -0.05) is 30.3 Å². The highest BCUT2D eigenvalue weighted by atomic mass is 16.7. The summed E-state index contributed by atoms with van der Waals surface area (Å²) in [5.74, 6) is 1.39. The van der Waals surface area contributed by atoms with Crippen LogP contribution < -0.4 is 15.2 Å². The van der Waals surface area contributed by atoms with Crippen LogP contribution in [-0.2, 0) is 6.54 Å². The maximum absolute atomic E-state index is 10.4. The Morgan fingerprint density at radius 2 is 1.68 bits per heavy atom. The molecule has 2 aromatic carbocycles. The number of hydrogen-bond donors (Lipinski definition) is 2. The van der Waals surface area contributed by atoms with Gasteiger partial charge in [-0.3, -0.25) is 0 Å². The standard InChI is InChI=1S/C15H15NO3/c16-8-10-1-3-11(4-2-10)15(17)12-5-6-13-14(7-12)19-9-18-13/h1-7,15,17H,8-9,16H2. The van der Waals surface area contributed by atoms with Crippen molar-refractivity contribution in [1.82, 2.24) is 0 Å². The molecule has 0 saturated carbocycles. The van der Waals surface area contributed by atoms with Crippen molar-refractivity contribution in [2.45, 2.75) is 12.6 Å². The van der Waals surface area contributed by atoms with E-state index in [1.807, 2.05) is 42.5 Å². The van der Waals surface area contributed by atoms with Crippen LogP contribution in [0.4, 0.5) is 0 Å². The van der Waals surface area contributed by atoms with Gasteiger partial charge in [0.15, 0.2) is 11.5 Å². The van der Waals surface area contributed by atoms with Crippen LogP contribution in [0.25, 0.3) is 0 Å². The van der Waals surface area contributed by atoms with E-state index < -0.39 is 6.10 Å². The Kier molecular flexibility index (Phi) is 3.11. The zero-order valence-electron chi connectivity index (χ0n) is 10.4. The average Bonchev–Trinajstić information content (AvgIpc) is 2.94. The number of aliphatic hydroxyl groups is 1. The van der Waals surface area contributed by atoms with E-state index in [0.717, 1.165) is 22.4 Å². The molecule has 0 amide bonds. The minimum atomic E-state index is -0.679. The lowest BCUT2D eigenvalue weighted by Gasteiger charge is -2.12. The molecule has 0 aliphatic carbocycles. The fraction of sp³-hybridized carbons (Fsp3) is 0.200. The molecule has 0 spiro atoms. The number of rotatable bonds is 3. The summed E-state index contributed by atoms with van der Waals surface area (Å²) in [4.78, 5) is 0. The summed E-state index contributed by atoms with van der Waals surface area (Å²) in [6.07, 6.45) is -0.679. The Morgan fingerprint density at radius 1 is 1.00 bits per heavy atom. The van der Waals surface area contributed by atoms with E-state index in [1.165, 1.54) is 0 Å². The van der Waals surface area contributed by atoms with E-state index in [9.17, 15) is 5.11 Å². The van der Waals surface area contributed by atoms with Crippen molar-refractivity contribution < 1.29 is 14.6 Å². The Bertz CT molecular complexity index is 580. The van der Waals surface area contributed by atoms with Crippen molar-refractivity contribution in [1.29, 1.82) is 0 Å². The molecule has 3 N–H and O–H groups in total. The number of nitrogens with two attached hydrogens (primary N) is 1. The predicted octanol–water partition coefficient (Wildman–Crippen LogP) is 1.96. The van der Waals surface area contributed by atoms with Crippen LogP contribution in [0.2, 0.25) is 0 Å². The van der Waals surface area contributed by atoms with Crippen LogP contribution >= 0.6 is 0 Å². The number of aliphatic hydroxyl groups excluding tert-OH is 1. The summed E-state index contributed by atoms with van der Waals surface area (Å²) in [6.45, 7) is 0.737. The van der Waals surface area contributed by atoms with Gasteiger partial charge in [-0.15, -0.1) is 0 Å². The molecule has 0 bridgehead atoms. The van der Waals surface area contributed by atoms with Crippen molar-refractivity contribution >= 4 is 0 Å². The third-order valence-electron chi connectivity index (χ3n) is 3.24. The average molecular weight is 257 g/mol. The van der Waals surface area contributed by atoms with E-state index in [-0.39, 0.29) is 6.79 Å². The second-order valence-electron chi connectivity index (χ2n) is 4.46. The summed E-state index contributed by atoms with van der Waals surface area (Å²) in [5, 5.41) is 10.4. The zero-order valence-corrected chi connectivity index (χ0v) is 10.4. The highest BCUT2D eigenvalue weighted by Gasteiger charge is 2.17. The lowest BCUT2D eigenvalue weighted by Crippen LogP contribution is -2.01. The number of benzene rings is 2. The van der Waals surface area contributed by atoms with Gasteiger partial charge in [0, 0.05) is 6.54 Å². The second-order valence-corrected chi connectivity index (χ2v) is 4.46. The van der Waals surface area contributed by atoms with Crippen molar-refractivity contribution in [3.8, 4) is 11.5 Å².